The highest BCUT2D eigenvalue weighted by molar-refractivity contribution is 6.08. The Morgan fingerprint density at radius 1 is 1.22 bits per heavy atom. The molecule has 94 valence electrons. The minimum atomic E-state index is 0.133. The molecule has 3 heteroatoms. The molecule has 0 bridgehead atoms. The highest BCUT2D eigenvalue weighted by Crippen LogP contribution is 2.28. The van der Waals surface area contributed by atoms with Crippen LogP contribution in [-0.4, -0.2) is 17.9 Å². The molecule has 0 amide bonds. The van der Waals surface area contributed by atoms with Gasteiger partial charge in [-0.3, -0.25) is 4.79 Å². The van der Waals surface area contributed by atoms with E-state index in [4.69, 9.17) is 4.74 Å². The SMILES string of the molecule is CCC(=O)c1ccc(OC)c2nc(CC)ccc12. The summed E-state index contributed by atoms with van der Waals surface area (Å²) in [7, 11) is 1.62. The van der Waals surface area contributed by atoms with E-state index in [0.29, 0.717) is 12.2 Å². The number of methoxy groups -OCH3 is 1. The largest absolute Gasteiger partial charge is 0.494 e. The maximum absolute atomic E-state index is 11.9. The van der Waals surface area contributed by atoms with E-state index in [0.717, 1.165) is 28.6 Å². The number of nitrogens with zero attached hydrogens (tertiary/aromatic N) is 1. The first-order valence-corrected chi connectivity index (χ1v) is 6.21. The average Bonchev–Trinajstić information content (AvgIpc) is 2.44. The number of ketones is 1. The van der Waals surface area contributed by atoms with E-state index in [2.05, 4.69) is 11.9 Å². The Kier molecular flexibility index (Phi) is 3.60. The van der Waals surface area contributed by atoms with Crippen molar-refractivity contribution in [1.82, 2.24) is 4.98 Å². The van der Waals surface area contributed by atoms with Gasteiger partial charge in [-0.05, 0) is 24.6 Å². The van der Waals surface area contributed by atoms with Crippen molar-refractivity contribution in [3.8, 4) is 5.75 Å². The molecule has 0 aliphatic carbocycles. The van der Waals surface area contributed by atoms with Gasteiger partial charge in [0.1, 0.15) is 11.3 Å². The van der Waals surface area contributed by atoms with Gasteiger partial charge in [-0.25, -0.2) is 4.98 Å². The van der Waals surface area contributed by atoms with Gasteiger partial charge in [0.15, 0.2) is 5.78 Å². The highest BCUT2D eigenvalue weighted by atomic mass is 16.5. The lowest BCUT2D eigenvalue weighted by Crippen LogP contribution is -2.00. The number of Topliss-reactive ketones (excluding diaryl/α,β-unsaturated/α-hetero) is 1. The van der Waals surface area contributed by atoms with Crippen LogP contribution < -0.4 is 4.74 Å². The first-order valence-electron chi connectivity index (χ1n) is 6.21. The summed E-state index contributed by atoms with van der Waals surface area (Å²) >= 11 is 0. The highest BCUT2D eigenvalue weighted by Gasteiger charge is 2.12. The van der Waals surface area contributed by atoms with Gasteiger partial charge < -0.3 is 4.74 Å². The summed E-state index contributed by atoms with van der Waals surface area (Å²) < 4.78 is 5.32. The Labute approximate surface area is 107 Å². The lowest BCUT2D eigenvalue weighted by Gasteiger charge is -2.09. The van der Waals surface area contributed by atoms with Gasteiger partial charge in [0, 0.05) is 23.1 Å². The Bertz CT molecular complexity index is 590. The molecule has 3 nitrogen and oxygen atoms in total. The maximum atomic E-state index is 11.9. The number of carbonyl (C=O) groups excluding carboxylic acids is 1. The normalized spacial score (nSPS) is 10.6. The van der Waals surface area contributed by atoms with Crippen molar-refractivity contribution in [3.63, 3.8) is 0 Å². The second-order valence-corrected chi connectivity index (χ2v) is 4.14. The van der Waals surface area contributed by atoms with Crippen molar-refractivity contribution in [2.75, 3.05) is 7.11 Å². The van der Waals surface area contributed by atoms with Gasteiger partial charge in [0.2, 0.25) is 0 Å². The molecule has 0 aliphatic heterocycles. The van der Waals surface area contributed by atoms with Crippen LogP contribution in [-0.2, 0) is 6.42 Å². The Hall–Kier alpha value is -1.90. The monoisotopic (exact) mass is 243 g/mol. The molecule has 0 atom stereocenters. The number of pyridine rings is 1. The fraction of sp³-hybridized carbons (Fsp3) is 0.333. The smallest absolute Gasteiger partial charge is 0.163 e. The predicted molar refractivity (Wildman–Crippen MR) is 72.3 cm³/mol. The molecule has 0 aliphatic rings. The average molecular weight is 243 g/mol. The molecule has 0 spiro atoms. The summed E-state index contributed by atoms with van der Waals surface area (Å²) in [5.41, 5.74) is 2.50. The summed E-state index contributed by atoms with van der Waals surface area (Å²) in [6, 6.07) is 7.57. The van der Waals surface area contributed by atoms with Crippen LogP contribution in [0.15, 0.2) is 24.3 Å². The maximum Gasteiger partial charge on any atom is 0.163 e. The molecule has 0 saturated carbocycles. The van der Waals surface area contributed by atoms with Crippen LogP contribution in [0, 0.1) is 0 Å². The number of fused-ring (bicyclic) bond motifs is 1. The van der Waals surface area contributed by atoms with Crippen molar-refractivity contribution >= 4 is 16.7 Å². The van der Waals surface area contributed by atoms with Gasteiger partial charge >= 0.3 is 0 Å². The second kappa shape index (κ2) is 5.17. The van der Waals surface area contributed by atoms with Crippen molar-refractivity contribution < 1.29 is 9.53 Å². The van der Waals surface area contributed by atoms with Crippen molar-refractivity contribution in [3.05, 3.63) is 35.5 Å². The minimum absolute atomic E-state index is 0.133. The number of aromatic nitrogens is 1. The van der Waals surface area contributed by atoms with Gasteiger partial charge in [-0.2, -0.15) is 0 Å². The summed E-state index contributed by atoms with van der Waals surface area (Å²) in [5.74, 6) is 0.849. The summed E-state index contributed by atoms with van der Waals surface area (Å²) in [4.78, 5) is 16.5. The summed E-state index contributed by atoms with van der Waals surface area (Å²) in [5, 5.41) is 0.874. The van der Waals surface area contributed by atoms with Crippen molar-refractivity contribution in [2.45, 2.75) is 26.7 Å². The number of aryl methyl sites for hydroxylation is 1. The molecule has 2 rings (SSSR count). The van der Waals surface area contributed by atoms with Crippen LogP contribution in [0.4, 0.5) is 0 Å². The zero-order valence-electron chi connectivity index (χ0n) is 11.0. The van der Waals surface area contributed by atoms with Gasteiger partial charge in [-0.1, -0.05) is 19.9 Å². The van der Waals surface area contributed by atoms with Gasteiger partial charge in [0.05, 0.1) is 7.11 Å². The first-order chi connectivity index (χ1) is 8.71. The van der Waals surface area contributed by atoms with Gasteiger partial charge in [-0.15, -0.1) is 0 Å². The fourth-order valence-electron chi connectivity index (χ4n) is 2.03. The van der Waals surface area contributed by atoms with Crippen LogP contribution in [0.25, 0.3) is 10.9 Å². The molecule has 18 heavy (non-hydrogen) atoms. The molecule has 2 aromatic rings. The standard InChI is InChI=1S/C15H17NO2/c1-4-10-6-7-12-11(13(17)5-2)8-9-14(18-3)15(12)16-10/h6-9H,4-5H2,1-3H3. The van der Waals surface area contributed by atoms with E-state index in [1.165, 1.54) is 0 Å². The lowest BCUT2D eigenvalue weighted by molar-refractivity contribution is 0.0989. The minimum Gasteiger partial charge on any atom is -0.494 e. The quantitative estimate of drug-likeness (QED) is 0.772. The van der Waals surface area contributed by atoms with Crippen LogP contribution in [0.2, 0.25) is 0 Å². The van der Waals surface area contributed by atoms with Gasteiger partial charge in [0.25, 0.3) is 0 Å². The number of rotatable bonds is 4. The lowest BCUT2D eigenvalue weighted by atomic mass is 10.0. The number of hydrogen-bond acceptors (Lipinski definition) is 3. The van der Waals surface area contributed by atoms with Crippen LogP contribution in [0.1, 0.15) is 36.3 Å². The molecule has 1 heterocycles. The zero-order valence-corrected chi connectivity index (χ0v) is 11.0. The van der Waals surface area contributed by atoms with E-state index < -0.39 is 0 Å². The molecular weight excluding hydrogens is 226 g/mol. The molecular formula is C15H17NO2. The van der Waals surface area contributed by atoms with Crippen LogP contribution in [0.3, 0.4) is 0 Å². The topological polar surface area (TPSA) is 39.2 Å². The molecule has 1 aromatic carbocycles. The predicted octanol–water partition coefficient (Wildman–Crippen LogP) is 3.40. The molecule has 0 fully saturated rings. The zero-order chi connectivity index (χ0) is 13.1. The van der Waals surface area contributed by atoms with Crippen LogP contribution >= 0.6 is 0 Å². The third-order valence-corrected chi connectivity index (χ3v) is 3.08. The molecule has 1 aromatic heterocycles. The van der Waals surface area contributed by atoms with E-state index >= 15 is 0 Å². The Balaban J connectivity index is 2.74. The number of carbonyl (C=O) groups is 1. The van der Waals surface area contributed by atoms with E-state index in [9.17, 15) is 4.79 Å². The van der Waals surface area contributed by atoms with E-state index in [-0.39, 0.29) is 5.78 Å². The number of benzene rings is 1. The third-order valence-electron chi connectivity index (χ3n) is 3.08. The van der Waals surface area contributed by atoms with E-state index in [1.807, 2.05) is 31.2 Å². The summed E-state index contributed by atoms with van der Waals surface area (Å²) in [6.45, 7) is 3.92. The number of hydrogen-bond donors (Lipinski definition) is 0. The first kappa shape index (κ1) is 12.6. The third kappa shape index (κ3) is 2.08. The molecule has 0 radical (unpaired) electrons. The molecule has 0 unspecified atom stereocenters. The van der Waals surface area contributed by atoms with Crippen molar-refractivity contribution in [2.24, 2.45) is 0 Å². The Morgan fingerprint density at radius 2 is 2.00 bits per heavy atom. The molecule has 0 N–H and O–H groups in total. The second-order valence-electron chi connectivity index (χ2n) is 4.14. The molecule has 0 saturated heterocycles. The van der Waals surface area contributed by atoms with E-state index in [1.54, 1.807) is 7.11 Å². The fourth-order valence-corrected chi connectivity index (χ4v) is 2.03. The number of ether oxygens (including phenoxy) is 1. The van der Waals surface area contributed by atoms with Crippen LogP contribution in [0.5, 0.6) is 5.75 Å². The Morgan fingerprint density at radius 3 is 2.61 bits per heavy atom. The summed E-state index contributed by atoms with van der Waals surface area (Å²) in [6.07, 6.45) is 1.36. The van der Waals surface area contributed by atoms with Crippen molar-refractivity contribution in [1.29, 1.82) is 0 Å².